The van der Waals surface area contributed by atoms with Crippen molar-refractivity contribution in [2.75, 3.05) is 12.4 Å². The molecule has 2 aromatic rings. The summed E-state index contributed by atoms with van der Waals surface area (Å²) < 4.78 is 18.3. The molecule has 0 unspecified atom stereocenters. The highest BCUT2D eigenvalue weighted by molar-refractivity contribution is 5.89. The number of rotatable bonds is 5. The molecular formula is C15H14FNO4. The van der Waals surface area contributed by atoms with Gasteiger partial charge in [-0.3, -0.25) is 0 Å². The first-order valence-electron chi connectivity index (χ1n) is 6.14. The summed E-state index contributed by atoms with van der Waals surface area (Å²) in [6.07, 6.45) is 0. The predicted octanol–water partition coefficient (Wildman–Crippen LogP) is 2.85. The van der Waals surface area contributed by atoms with Crippen LogP contribution in [0.25, 0.3) is 0 Å². The second-order valence-electron chi connectivity index (χ2n) is 4.35. The fourth-order valence-corrected chi connectivity index (χ4v) is 1.87. The highest BCUT2D eigenvalue weighted by Gasteiger charge is 2.10. The summed E-state index contributed by atoms with van der Waals surface area (Å²) in [6, 6.07) is 7.98. The molecule has 3 N–H and O–H groups in total. The molecule has 0 atom stereocenters. The molecule has 0 heterocycles. The van der Waals surface area contributed by atoms with Gasteiger partial charge in [0.1, 0.15) is 17.3 Å². The Balaban J connectivity index is 2.24. The Morgan fingerprint density at radius 3 is 2.71 bits per heavy atom. The molecule has 0 aliphatic carbocycles. The number of carbonyl (C=O) groups is 1. The monoisotopic (exact) mass is 291 g/mol. The summed E-state index contributed by atoms with van der Waals surface area (Å²) >= 11 is 0. The Morgan fingerprint density at radius 2 is 2.05 bits per heavy atom. The normalized spacial score (nSPS) is 10.2. The minimum absolute atomic E-state index is 0.0442. The van der Waals surface area contributed by atoms with Crippen LogP contribution in [0.5, 0.6) is 11.5 Å². The van der Waals surface area contributed by atoms with Crippen molar-refractivity contribution in [1.82, 2.24) is 0 Å². The van der Waals surface area contributed by atoms with E-state index < -0.39 is 11.8 Å². The number of methoxy groups -OCH3 is 1. The fourth-order valence-electron chi connectivity index (χ4n) is 1.87. The van der Waals surface area contributed by atoms with Gasteiger partial charge in [0.25, 0.3) is 0 Å². The van der Waals surface area contributed by atoms with E-state index in [4.69, 9.17) is 9.84 Å². The van der Waals surface area contributed by atoms with E-state index in [1.165, 1.54) is 37.4 Å². The molecule has 0 saturated heterocycles. The zero-order valence-corrected chi connectivity index (χ0v) is 11.3. The Hall–Kier alpha value is -2.76. The number of nitrogens with one attached hydrogen (secondary N) is 1. The van der Waals surface area contributed by atoms with Crippen molar-refractivity contribution in [1.29, 1.82) is 0 Å². The van der Waals surface area contributed by atoms with E-state index in [1.807, 2.05) is 0 Å². The number of hydrogen-bond donors (Lipinski definition) is 3. The summed E-state index contributed by atoms with van der Waals surface area (Å²) in [6.45, 7) is 0.128. The van der Waals surface area contributed by atoms with Crippen LogP contribution in [0.15, 0.2) is 36.4 Å². The van der Waals surface area contributed by atoms with Crippen molar-refractivity contribution in [3.05, 3.63) is 53.3 Å². The minimum atomic E-state index is -1.06. The summed E-state index contributed by atoms with van der Waals surface area (Å²) in [5.41, 5.74) is 0.903. The van der Waals surface area contributed by atoms with Crippen molar-refractivity contribution in [2.24, 2.45) is 0 Å². The Bertz CT molecular complexity index is 673. The molecule has 0 amide bonds. The molecule has 0 fully saturated rings. The quantitative estimate of drug-likeness (QED) is 0.789. The van der Waals surface area contributed by atoms with Gasteiger partial charge < -0.3 is 20.3 Å². The number of ether oxygens (including phenoxy) is 1. The number of halogens is 1. The first-order valence-corrected chi connectivity index (χ1v) is 6.14. The van der Waals surface area contributed by atoms with E-state index in [0.29, 0.717) is 17.0 Å². The van der Waals surface area contributed by atoms with E-state index in [2.05, 4.69) is 5.32 Å². The number of phenols is 1. The molecule has 0 aliphatic heterocycles. The van der Waals surface area contributed by atoms with Gasteiger partial charge in [-0.15, -0.1) is 0 Å². The molecule has 0 aromatic heterocycles. The maximum atomic E-state index is 13.1. The fraction of sp³-hybridized carbons (Fsp3) is 0.133. The molecule has 110 valence electrons. The molecule has 6 heteroatoms. The second kappa shape index (κ2) is 6.13. The van der Waals surface area contributed by atoms with E-state index in [-0.39, 0.29) is 17.9 Å². The van der Waals surface area contributed by atoms with Crippen LogP contribution in [0.3, 0.4) is 0 Å². The van der Waals surface area contributed by atoms with Crippen molar-refractivity contribution in [2.45, 2.75) is 6.54 Å². The van der Waals surface area contributed by atoms with Crippen LogP contribution in [-0.2, 0) is 6.54 Å². The molecule has 0 aliphatic rings. The lowest BCUT2D eigenvalue weighted by atomic mass is 10.1. The van der Waals surface area contributed by atoms with Gasteiger partial charge in [-0.1, -0.05) is 0 Å². The van der Waals surface area contributed by atoms with Crippen molar-refractivity contribution in [3.63, 3.8) is 0 Å². The largest absolute Gasteiger partial charge is 0.508 e. The maximum Gasteiger partial charge on any atom is 0.335 e. The third-order valence-corrected chi connectivity index (χ3v) is 2.96. The lowest BCUT2D eigenvalue weighted by Crippen LogP contribution is -2.04. The smallest absolute Gasteiger partial charge is 0.335 e. The zero-order valence-electron chi connectivity index (χ0n) is 11.3. The van der Waals surface area contributed by atoms with Crippen LogP contribution in [0.2, 0.25) is 0 Å². The number of carboxylic acid groups (broad SMARTS) is 1. The van der Waals surface area contributed by atoms with Crippen molar-refractivity contribution >= 4 is 11.7 Å². The van der Waals surface area contributed by atoms with Crippen LogP contribution < -0.4 is 10.1 Å². The lowest BCUT2D eigenvalue weighted by Gasteiger charge is -2.12. The number of carboxylic acids is 1. The van der Waals surface area contributed by atoms with Gasteiger partial charge in [-0.05, 0) is 36.4 Å². The van der Waals surface area contributed by atoms with Gasteiger partial charge in [0, 0.05) is 12.1 Å². The number of benzene rings is 2. The molecule has 5 nitrogen and oxygen atoms in total. The number of aromatic carboxylic acids is 1. The Kier molecular flexibility index (Phi) is 4.27. The number of hydrogen-bond acceptors (Lipinski definition) is 4. The maximum absolute atomic E-state index is 13.1. The molecule has 2 aromatic carbocycles. The Morgan fingerprint density at radius 1 is 1.29 bits per heavy atom. The third-order valence-electron chi connectivity index (χ3n) is 2.96. The summed E-state index contributed by atoms with van der Waals surface area (Å²) in [5, 5.41) is 21.6. The summed E-state index contributed by atoms with van der Waals surface area (Å²) in [4.78, 5) is 11.0. The number of aromatic hydroxyl groups is 1. The molecule has 21 heavy (non-hydrogen) atoms. The van der Waals surface area contributed by atoms with Gasteiger partial charge in [0.05, 0.1) is 18.4 Å². The van der Waals surface area contributed by atoms with Crippen LogP contribution in [0.4, 0.5) is 10.1 Å². The standard InChI is InChI=1S/C15H14FNO4/c1-21-14-5-2-9(15(19)20)7-12(14)17-8-10-6-11(16)3-4-13(10)18/h2-7,17-18H,8H2,1H3,(H,19,20). The van der Waals surface area contributed by atoms with Crippen LogP contribution in [-0.4, -0.2) is 23.3 Å². The predicted molar refractivity (Wildman–Crippen MR) is 75.3 cm³/mol. The minimum Gasteiger partial charge on any atom is -0.508 e. The van der Waals surface area contributed by atoms with Gasteiger partial charge in [0.2, 0.25) is 0 Å². The van der Waals surface area contributed by atoms with E-state index in [0.717, 1.165) is 6.07 Å². The topological polar surface area (TPSA) is 78.8 Å². The SMILES string of the molecule is COc1ccc(C(=O)O)cc1NCc1cc(F)ccc1O. The third kappa shape index (κ3) is 3.42. The van der Waals surface area contributed by atoms with Crippen LogP contribution in [0.1, 0.15) is 15.9 Å². The Labute approximate surface area is 120 Å². The number of phenolic OH excluding ortho intramolecular Hbond substituents is 1. The first kappa shape index (κ1) is 14.6. The van der Waals surface area contributed by atoms with E-state index in [1.54, 1.807) is 0 Å². The molecule has 0 saturated carbocycles. The molecular weight excluding hydrogens is 277 g/mol. The number of anilines is 1. The van der Waals surface area contributed by atoms with Crippen LogP contribution >= 0.6 is 0 Å². The molecule has 0 spiro atoms. The highest BCUT2D eigenvalue weighted by atomic mass is 19.1. The summed E-state index contributed by atoms with van der Waals surface area (Å²) in [5.74, 6) is -1.11. The van der Waals surface area contributed by atoms with E-state index >= 15 is 0 Å². The van der Waals surface area contributed by atoms with Crippen LogP contribution in [0, 0.1) is 5.82 Å². The highest BCUT2D eigenvalue weighted by Crippen LogP contribution is 2.27. The van der Waals surface area contributed by atoms with Crippen molar-refractivity contribution < 1.29 is 24.1 Å². The molecule has 2 rings (SSSR count). The zero-order chi connectivity index (χ0) is 15.4. The second-order valence-corrected chi connectivity index (χ2v) is 4.35. The molecule has 0 bridgehead atoms. The lowest BCUT2D eigenvalue weighted by molar-refractivity contribution is 0.0697. The molecule has 0 radical (unpaired) electrons. The summed E-state index contributed by atoms with van der Waals surface area (Å²) in [7, 11) is 1.46. The van der Waals surface area contributed by atoms with Gasteiger partial charge in [-0.2, -0.15) is 0 Å². The van der Waals surface area contributed by atoms with Gasteiger partial charge in [-0.25, -0.2) is 9.18 Å². The average molecular weight is 291 g/mol. The van der Waals surface area contributed by atoms with Gasteiger partial charge >= 0.3 is 5.97 Å². The van der Waals surface area contributed by atoms with Crippen molar-refractivity contribution in [3.8, 4) is 11.5 Å². The van der Waals surface area contributed by atoms with E-state index in [9.17, 15) is 14.3 Å². The van der Waals surface area contributed by atoms with Gasteiger partial charge in [0.15, 0.2) is 0 Å². The first-order chi connectivity index (χ1) is 10.0. The average Bonchev–Trinajstić information content (AvgIpc) is 2.47.